The molecule has 1 aliphatic rings. The largest absolute Gasteiger partial charge is 0.390 e. The van der Waals surface area contributed by atoms with E-state index < -0.39 is 0 Å². The van der Waals surface area contributed by atoms with Crippen molar-refractivity contribution in [3.05, 3.63) is 0 Å². The van der Waals surface area contributed by atoms with Crippen LogP contribution in [-0.2, 0) is 0 Å². The Hall–Kier alpha value is 0.230. The second kappa shape index (κ2) is 9.20. The summed E-state index contributed by atoms with van der Waals surface area (Å²) in [5.74, 6) is 1.31. The summed E-state index contributed by atoms with van der Waals surface area (Å²) in [6.45, 7) is 8.90. The Morgan fingerprint density at radius 3 is 2.71 bits per heavy atom. The third kappa shape index (κ3) is 6.65. The predicted molar refractivity (Wildman–Crippen MR) is 76.8 cm³/mol. The molecule has 0 aromatic heterocycles. The number of hydrogen-bond donors (Lipinski definition) is 2. The van der Waals surface area contributed by atoms with E-state index in [2.05, 4.69) is 35.8 Å². The van der Waals surface area contributed by atoms with Crippen LogP contribution in [0.25, 0.3) is 0 Å². The van der Waals surface area contributed by atoms with E-state index in [0.29, 0.717) is 0 Å². The first kappa shape index (κ1) is 15.3. The molecule has 2 atom stereocenters. The quantitative estimate of drug-likeness (QED) is 0.694. The number of aliphatic hydroxyl groups is 1. The zero-order valence-electron chi connectivity index (χ0n) is 11.3. The van der Waals surface area contributed by atoms with Crippen LogP contribution in [0.3, 0.4) is 0 Å². The maximum atomic E-state index is 9.90. The number of nitrogens with zero attached hydrogens (tertiary/aromatic N) is 1. The number of aliphatic hydroxyl groups excluding tert-OH is 1. The number of hydrogen-bond acceptors (Lipinski definition) is 4. The van der Waals surface area contributed by atoms with Crippen LogP contribution in [0.4, 0.5) is 0 Å². The van der Waals surface area contributed by atoms with Crippen molar-refractivity contribution >= 4 is 11.8 Å². The molecule has 0 radical (unpaired) electrons. The van der Waals surface area contributed by atoms with Gasteiger partial charge in [0.2, 0.25) is 0 Å². The minimum absolute atomic E-state index is 0.233. The minimum Gasteiger partial charge on any atom is -0.390 e. The fourth-order valence-electron chi connectivity index (χ4n) is 2.22. The van der Waals surface area contributed by atoms with Crippen molar-refractivity contribution in [2.75, 3.05) is 38.5 Å². The molecule has 2 N–H and O–H groups in total. The molecular weight excluding hydrogens is 232 g/mol. The van der Waals surface area contributed by atoms with Crippen molar-refractivity contribution in [2.45, 2.75) is 44.5 Å². The third-order valence-corrected chi connectivity index (χ3v) is 4.79. The Morgan fingerprint density at radius 2 is 2.12 bits per heavy atom. The van der Waals surface area contributed by atoms with Crippen LogP contribution in [0.5, 0.6) is 0 Å². The van der Waals surface area contributed by atoms with Gasteiger partial charge in [-0.1, -0.05) is 20.3 Å². The predicted octanol–water partition coefficient (Wildman–Crippen LogP) is 1.56. The number of rotatable bonds is 8. The molecule has 1 rings (SSSR count). The van der Waals surface area contributed by atoms with E-state index >= 15 is 0 Å². The van der Waals surface area contributed by atoms with Gasteiger partial charge in [0.1, 0.15) is 0 Å². The van der Waals surface area contributed by atoms with Gasteiger partial charge in [-0.05, 0) is 31.7 Å². The summed E-state index contributed by atoms with van der Waals surface area (Å²) < 4.78 is 0. The van der Waals surface area contributed by atoms with Crippen molar-refractivity contribution in [3.8, 4) is 0 Å². The second-order valence-corrected chi connectivity index (χ2v) is 6.19. The SMILES string of the molecule is CCN(CC)CC(O)CNCC1CCCCS1. The molecule has 0 aromatic carbocycles. The highest BCUT2D eigenvalue weighted by Gasteiger charge is 2.14. The van der Waals surface area contributed by atoms with Gasteiger partial charge in [-0.3, -0.25) is 0 Å². The van der Waals surface area contributed by atoms with Crippen molar-refractivity contribution in [2.24, 2.45) is 0 Å². The van der Waals surface area contributed by atoms with Gasteiger partial charge in [0.05, 0.1) is 6.10 Å². The Morgan fingerprint density at radius 1 is 1.35 bits per heavy atom. The number of thioether (sulfide) groups is 1. The lowest BCUT2D eigenvalue weighted by Crippen LogP contribution is -2.40. The summed E-state index contributed by atoms with van der Waals surface area (Å²) in [5, 5.41) is 14.1. The van der Waals surface area contributed by atoms with E-state index in [9.17, 15) is 5.11 Å². The molecule has 0 saturated carbocycles. The molecule has 17 heavy (non-hydrogen) atoms. The molecule has 2 unspecified atom stereocenters. The maximum Gasteiger partial charge on any atom is 0.0791 e. The summed E-state index contributed by atoms with van der Waals surface area (Å²) in [6, 6.07) is 0. The summed E-state index contributed by atoms with van der Waals surface area (Å²) in [6.07, 6.45) is 3.86. The monoisotopic (exact) mass is 260 g/mol. The van der Waals surface area contributed by atoms with Gasteiger partial charge in [0, 0.05) is 24.9 Å². The van der Waals surface area contributed by atoms with Crippen molar-refractivity contribution in [3.63, 3.8) is 0 Å². The molecule has 0 spiro atoms. The van der Waals surface area contributed by atoms with Gasteiger partial charge in [0.15, 0.2) is 0 Å². The van der Waals surface area contributed by atoms with Crippen LogP contribution in [0.1, 0.15) is 33.1 Å². The Bertz CT molecular complexity index is 182. The number of likely N-dealkylation sites (N-methyl/N-ethyl adjacent to an activating group) is 1. The molecule has 1 heterocycles. The summed E-state index contributed by atoms with van der Waals surface area (Å²) >= 11 is 2.08. The summed E-state index contributed by atoms with van der Waals surface area (Å²) in [4.78, 5) is 2.27. The zero-order valence-corrected chi connectivity index (χ0v) is 12.1. The van der Waals surface area contributed by atoms with E-state index in [1.54, 1.807) is 0 Å². The second-order valence-electron chi connectivity index (χ2n) is 4.79. The van der Waals surface area contributed by atoms with Crippen molar-refractivity contribution < 1.29 is 5.11 Å². The smallest absolute Gasteiger partial charge is 0.0791 e. The van der Waals surface area contributed by atoms with E-state index in [1.807, 2.05) is 0 Å². The van der Waals surface area contributed by atoms with E-state index in [0.717, 1.165) is 38.0 Å². The molecule has 1 aliphatic heterocycles. The van der Waals surface area contributed by atoms with E-state index in [4.69, 9.17) is 0 Å². The van der Waals surface area contributed by atoms with Crippen LogP contribution in [0.15, 0.2) is 0 Å². The Labute approximate surface area is 110 Å². The topological polar surface area (TPSA) is 35.5 Å². The molecule has 102 valence electrons. The van der Waals surface area contributed by atoms with Crippen LogP contribution >= 0.6 is 11.8 Å². The van der Waals surface area contributed by atoms with E-state index in [1.165, 1.54) is 25.0 Å². The van der Waals surface area contributed by atoms with Crippen LogP contribution in [-0.4, -0.2) is 59.8 Å². The molecule has 3 nitrogen and oxygen atoms in total. The third-order valence-electron chi connectivity index (χ3n) is 3.39. The Kier molecular flexibility index (Phi) is 8.27. The molecule has 4 heteroatoms. The molecule has 1 saturated heterocycles. The highest BCUT2D eigenvalue weighted by molar-refractivity contribution is 7.99. The van der Waals surface area contributed by atoms with E-state index in [-0.39, 0.29) is 6.10 Å². The fourth-order valence-corrected chi connectivity index (χ4v) is 3.50. The van der Waals surface area contributed by atoms with Crippen LogP contribution in [0, 0.1) is 0 Å². The molecular formula is C13H28N2OS. The highest BCUT2D eigenvalue weighted by atomic mass is 32.2. The minimum atomic E-state index is -0.233. The van der Waals surface area contributed by atoms with Crippen LogP contribution in [0.2, 0.25) is 0 Å². The zero-order chi connectivity index (χ0) is 12.5. The first-order valence-corrected chi connectivity index (χ1v) is 8.03. The highest BCUT2D eigenvalue weighted by Crippen LogP contribution is 2.24. The lowest BCUT2D eigenvalue weighted by molar-refractivity contribution is 0.117. The van der Waals surface area contributed by atoms with Crippen molar-refractivity contribution in [1.82, 2.24) is 10.2 Å². The number of nitrogens with one attached hydrogen (secondary N) is 1. The van der Waals surface area contributed by atoms with Crippen LogP contribution < -0.4 is 5.32 Å². The molecule has 1 fully saturated rings. The average Bonchev–Trinajstić information content (AvgIpc) is 2.37. The normalized spacial score (nSPS) is 22.9. The Balaban J connectivity index is 2.04. The van der Waals surface area contributed by atoms with Gasteiger partial charge >= 0.3 is 0 Å². The molecule has 0 bridgehead atoms. The van der Waals surface area contributed by atoms with Gasteiger partial charge in [-0.15, -0.1) is 0 Å². The first-order valence-electron chi connectivity index (χ1n) is 6.99. The average molecular weight is 260 g/mol. The lowest BCUT2D eigenvalue weighted by atomic mass is 10.2. The fraction of sp³-hybridized carbons (Fsp3) is 1.00. The van der Waals surface area contributed by atoms with Gasteiger partial charge in [-0.2, -0.15) is 11.8 Å². The first-order chi connectivity index (χ1) is 8.26. The van der Waals surface area contributed by atoms with Gasteiger partial charge < -0.3 is 15.3 Å². The van der Waals surface area contributed by atoms with Crippen molar-refractivity contribution in [1.29, 1.82) is 0 Å². The van der Waals surface area contributed by atoms with Gasteiger partial charge in [-0.25, -0.2) is 0 Å². The standard InChI is InChI=1S/C13H28N2OS/c1-3-15(4-2)11-12(16)9-14-10-13-7-5-6-8-17-13/h12-14,16H,3-11H2,1-2H3. The maximum absolute atomic E-state index is 9.90. The molecule has 0 aliphatic carbocycles. The summed E-state index contributed by atoms with van der Waals surface area (Å²) in [7, 11) is 0. The molecule has 0 aromatic rings. The summed E-state index contributed by atoms with van der Waals surface area (Å²) in [5.41, 5.74) is 0. The van der Waals surface area contributed by atoms with Gasteiger partial charge in [0.25, 0.3) is 0 Å². The molecule has 0 amide bonds. The lowest BCUT2D eigenvalue weighted by Gasteiger charge is -2.24.